The summed E-state index contributed by atoms with van der Waals surface area (Å²) in [6, 6.07) is 15.4. The molecule has 0 atom stereocenters. The first-order valence-electron chi connectivity index (χ1n) is 6.33. The summed E-state index contributed by atoms with van der Waals surface area (Å²) in [5, 5.41) is 3.21. The number of carbonyl (C=O) groups is 1. The number of rotatable bonds is 2. The molecule has 0 aliphatic carbocycles. The van der Waals surface area contributed by atoms with E-state index in [0.717, 1.165) is 10.9 Å². The van der Waals surface area contributed by atoms with E-state index in [1.54, 1.807) is 24.3 Å². The van der Waals surface area contributed by atoms with Crippen molar-refractivity contribution in [1.82, 2.24) is 0 Å². The summed E-state index contributed by atoms with van der Waals surface area (Å²) in [6.07, 6.45) is 0. The molecule has 0 radical (unpaired) electrons. The Bertz CT molecular complexity index is 870. The number of nitrogens with one attached hydrogen (secondary N) is 1. The van der Waals surface area contributed by atoms with E-state index in [9.17, 15) is 9.59 Å². The van der Waals surface area contributed by atoms with Gasteiger partial charge in [-0.3, -0.25) is 0 Å². The maximum atomic E-state index is 12.1. The highest BCUT2D eigenvalue weighted by molar-refractivity contribution is 5.91. The van der Waals surface area contributed by atoms with Crippen molar-refractivity contribution in [2.75, 3.05) is 5.32 Å². The van der Waals surface area contributed by atoms with Gasteiger partial charge in [-0.1, -0.05) is 30.3 Å². The molecular formula is C16H12N2O3. The summed E-state index contributed by atoms with van der Waals surface area (Å²) in [4.78, 5) is 22.9. The minimum Gasteiger partial charge on any atom is -0.422 e. The standard InChI is InChI=1S/C16H12N2O3/c17-16(20)18-12-7-6-11-8-13(10-4-2-1-3-5-10)15(19)21-14(11)9-12/h1-9H,(H3,17,18,20). The molecule has 3 aromatic rings. The molecule has 1 aromatic heterocycles. The predicted octanol–water partition coefficient (Wildman–Crippen LogP) is 2.95. The van der Waals surface area contributed by atoms with Crippen LogP contribution in [-0.2, 0) is 0 Å². The fourth-order valence-corrected chi connectivity index (χ4v) is 2.15. The Morgan fingerprint density at radius 3 is 2.52 bits per heavy atom. The van der Waals surface area contributed by atoms with Crippen LogP contribution in [0.15, 0.2) is 63.8 Å². The second-order valence-electron chi connectivity index (χ2n) is 4.56. The molecule has 0 saturated carbocycles. The summed E-state index contributed by atoms with van der Waals surface area (Å²) in [7, 11) is 0. The quantitative estimate of drug-likeness (QED) is 0.708. The first kappa shape index (κ1) is 12.9. The fraction of sp³-hybridized carbons (Fsp3) is 0. The number of primary amides is 1. The molecular weight excluding hydrogens is 268 g/mol. The average Bonchev–Trinajstić information content (AvgIpc) is 2.46. The summed E-state index contributed by atoms with van der Waals surface area (Å²) >= 11 is 0. The number of urea groups is 1. The van der Waals surface area contributed by atoms with E-state index in [-0.39, 0.29) is 0 Å². The van der Waals surface area contributed by atoms with Crippen molar-refractivity contribution in [3.8, 4) is 11.1 Å². The second kappa shape index (κ2) is 5.13. The average molecular weight is 280 g/mol. The lowest BCUT2D eigenvalue weighted by molar-refractivity contribution is 0.259. The largest absolute Gasteiger partial charge is 0.422 e. The molecule has 0 fully saturated rings. The minimum atomic E-state index is -0.669. The van der Waals surface area contributed by atoms with Crippen molar-refractivity contribution in [2.45, 2.75) is 0 Å². The van der Waals surface area contributed by atoms with Crippen molar-refractivity contribution in [3.05, 3.63) is 65.0 Å². The van der Waals surface area contributed by atoms with Crippen LogP contribution < -0.4 is 16.7 Å². The lowest BCUT2D eigenvalue weighted by Crippen LogP contribution is -2.19. The number of nitrogens with two attached hydrogens (primary N) is 1. The molecule has 5 heteroatoms. The Morgan fingerprint density at radius 1 is 1.05 bits per heavy atom. The smallest absolute Gasteiger partial charge is 0.344 e. The number of fused-ring (bicyclic) bond motifs is 1. The van der Waals surface area contributed by atoms with Crippen LogP contribution in [-0.4, -0.2) is 6.03 Å². The molecule has 3 rings (SSSR count). The molecule has 0 saturated heterocycles. The first-order chi connectivity index (χ1) is 10.1. The Labute approximate surface area is 120 Å². The number of benzene rings is 2. The van der Waals surface area contributed by atoms with Gasteiger partial charge >= 0.3 is 11.7 Å². The van der Waals surface area contributed by atoms with Crippen LogP contribution in [0.2, 0.25) is 0 Å². The Balaban J connectivity index is 2.13. The lowest BCUT2D eigenvalue weighted by Gasteiger charge is -2.05. The van der Waals surface area contributed by atoms with Crippen molar-refractivity contribution in [1.29, 1.82) is 0 Å². The molecule has 2 aromatic carbocycles. The Kier molecular flexibility index (Phi) is 3.16. The van der Waals surface area contributed by atoms with E-state index < -0.39 is 11.7 Å². The molecule has 0 bridgehead atoms. The molecule has 0 unspecified atom stereocenters. The summed E-state index contributed by atoms with van der Waals surface area (Å²) in [6.45, 7) is 0. The molecule has 104 valence electrons. The van der Waals surface area contributed by atoms with Crippen molar-refractivity contribution >= 4 is 22.7 Å². The second-order valence-corrected chi connectivity index (χ2v) is 4.56. The van der Waals surface area contributed by atoms with Crippen molar-refractivity contribution in [2.24, 2.45) is 5.73 Å². The van der Waals surface area contributed by atoms with E-state index in [4.69, 9.17) is 10.2 Å². The monoisotopic (exact) mass is 280 g/mol. The van der Waals surface area contributed by atoms with Crippen LogP contribution >= 0.6 is 0 Å². The maximum Gasteiger partial charge on any atom is 0.344 e. The Hall–Kier alpha value is -3.08. The lowest BCUT2D eigenvalue weighted by atomic mass is 10.1. The van der Waals surface area contributed by atoms with E-state index in [1.165, 1.54) is 0 Å². The third-order valence-corrected chi connectivity index (χ3v) is 3.09. The molecule has 1 heterocycles. The number of hydrogen-bond donors (Lipinski definition) is 2. The summed E-state index contributed by atoms with van der Waals surface area (Å²) in [5.41, 5.74) is 6.80. The van der Waals surface area contributed by atoms with Gasteiger partial charge in [0.25, 0.3) is 0 Å². The molecule has 0 aliphatic rings. The van der Waals surface area contributed by atoms with Gasteiger partial charge in [-0.2, -0.15) is 0 Å². The van der Waals surface area contributed by atoms with Crippen LogP contribution in [0.1, 0.15) is 0 Å². The SMILES string of the molecule is NC(=O)Nc1ccc2cc(-c3ccccc3)c(=O)oc2c1. The van der Waals surface area contributed by atoms with E-state index in [1.807, 2.05) is 30.3 Å². The van der Waals surface area contributed by atoms with Gasteiger partial charge in [0.15, 0.2) is 0 Å². The first-order valence-corrected chi connectivity index (χ1v) is 6.33. The molecule has 2 amide bonds. The maximum absolute atomic E-state index is 12.1. The van der Waals surface area contributed by atoms with Crippen molar-refractivity contribution in [3.63, 3.8) is 0 Å². The van der Waals surface area contributed by atoms with Crippen LogP contribution in [0.3, 0.4) is 0 Å². The number of carbonyl (C=O) groups excluding carboxylic acids is 1. The number of hydrogen-bond acceptors (Lipinski definition) is 3. The van der Waals surface area contributed by atoms with E-state index >= 15 is 0 Å². The van der Waals surface area contributed by atoms with Crippen LogP contribution in [0.5, 0.6) is 0 Å². The zero-order valence-corrected chi connectivity index (χ0v) is 11.0. The Morgan fingerprint density at radius 2 is 1.81 bits per heavy atom. The van der Waals surface area contributed by atoms with E-state index in [2.05, 4.69) is 5.32 Å². The van der Waals surface area contributed by atoms with Gasteiger partial charge in [-0.15, -0.1) is 0 Å². The fourth-order valence-electron chi connectivity index (χ4n) is 2.15. The zero-order chi connectivity index (χ0) is 14.8. The van der Waals surface area contributed by atoms with Gasteiger partial charge in [-0.05, 0) is 23.8 Å². The van der Waals surface area contributed by atoms with Crippen LogP contribution in [0, 0.1) is 0 Å². The van der Waals surface area contributed by atoms with Gasteiger partial charge in [-0.25, -0.2) is 9.59 Å². The molecule has 3 N–H and O–H groups in total. The van der Waals surface area contributed by atoms with E-state index in [0.29, 0.717) is 16.8 Å². The van der Waals surface area contributed by atoms with Crippen molar-refractivity contribution < 1.29 is 9.21 Å². The third kappa shape index (κ3) is 2.62. The van der Waals surface area contributed by atoms with Gasteiger partial charge in [0.05, 0.1) is 5.56 Å². The molecule has 5 nitrogen and oxygen atoms in total. The normalized spacial score (nSPS) is 10.5. The topological polar surface area (TPSA) is 85.3 Å². The summed E-state index contributed by atoms with van der Waals surface area (Å²) < 4.78 is 5.32. The number of amides is 2. The van der Waals surface area contributed by atoms with Crippen LogP contribution in [0.4, 0.5) is 10.5 Å². The van der Waals surface area contributed by atoms with Crippen LogP contribution in [0.25, 0.3) is 22.1 Å². The molecule has 21 heavy (non-hydrogen) atoms. The van der Waals surface area contributed by atoms with Gasteiger partial charge in [0.2, 0.25) is 0 Å². The highest BCUT2D eigenvalue weighted by atomic mass is 16.4. The summed E-state index contributed by atoms with van der Waals surface area (Å²) in [5.74, 6) is 0. The predicted molar refractivity (Wildman–Crippen MR) is 81.1 cm³/mol. The van der Waals surface area contributed by atoms with Gasteiger partial charge in [0, 0.05) is 17.1 Å². The third-order valence-electron chi connectivity index (χ3n) is 3.09. The zero-order valence-electron chi connectivity index (χ0n) is 11.0. The van der Waals surface area contributed by atoms with Gasteiger partial charge < -0.3 is 15.5 Å². The molecule has 0 spiro atoms. The minimum absolute atomic E-state index is 0.394. The van der Waals surface area contributed by atoms with Gasteiger partial charge in [0.1, 0.15) is 5.58 Å². The molecule has 0 aliphatic heterocycles. The highest BCUT2D eigenvalue weighted by Crippen LogP contribution is 2.23. The highest BCUT2D eigenvalue weighted by Gasteiger charge is 2.08. The number of anilines is 1.